The van der Waals surface area contributed by atoms with Crippen molar-refractivity contribution in [3.05, 3.63) is 24.7 Å². The van der Waals surface area contributed by atoms with Gasteiger partial charge in [-0.05, 0) is 0 Å². The first-order valence-electron chi connectivity index (χ1n) is 11.6. The van der Waals surface area contributed by atoms with Crippen LogP contribution in [-0.2, 0) is 15.3 Å². The van der Waals surface area contributed by atoms with Gasteiger partial charge in [0.15, 0.2) is 29.6 Å². The summed E-state index contributed by atoms with van der Waals surface area (Å²) >= 11 is 0. The molecule has 10 N–H and O–H groups in total. The Hall–Kier alpha value is -3.33. The van der Waals surface area contributed by atoms with Crippen LogP contribution in [0.15, 0.2) is 24.0 Å². The molecule has 6 heterocycles. The SMILES string of the molecule is Nc1ncnc2c1ncn2C1(N2C=Nc3c(ncn3[C@@H]3O[C@H](CO)C(O)C3O)C2N)OC(CO)C(O)C1O. The van der Waals surface area contributed by atoms with Crippen LogP contribution in [-0.4, -0.2) is 121 Å². The molecule has 3 aliphatic heterocycles. The molecule has 7 unspecified atom stereocenters. The lowest BCUT2D eigenvalue weighted by Gasteiger charge is -2.45. The van der Waals surface area contributed by atoms with Crippen molar-refractivity contribution in [2.24, 2.45) is 10.7 Å². The fraction of sp³-hybridized carbons (Fsp3) is 0.550. The van der Waals surface area contributed by atoms with Gasteiger partial charge in [-0.25, -0.2) is 24.9 Å². The molecule has 2 fully saturated rings. The van der Waals surface area contributed by atoms with Crippen LogP contribution in [0.25, 0.3) is 11.2 Å². The molecule has 0 aromatic carbocycles. The van der Waals surface area contributed by atoms with Gasteiger partial charge < -0.3 is 51.6 Å². The number of ether oxygens (including phenoxy) is 2. The number of nitrogens with zero attached hydrogens (tertiary/aromatic N) is 8. The van der Waals surface area contributed by atoms with Crippen LogP contribution in [0.4, 0.5) is 11.6 Å². The molecule has 0 spiro atoms. The third kappa shape index (κ3) is 3.23. The number of fused-ring (bicyclic) bond motifs is 2. The van der Waals surface area contributed by atoms with Crippen molar-refractivity contribution in [2.45, 2.75) is 54.9 Å². The minimum atomic E-state index is -2.02. The Morgan fingerprint density at radius 3 is 2.39 bits per heavy atom. The number of aliphatic imine (C=N–C) groups is 1. The second kappa shape index (κ2) is 8.86. The Morgan fingerprint density at radius 2 is 1.71 bits per heavy atom. The Labute approximate surface area is 213 Å². The van der Waals surface area contributed by atoms with Crippen molar-refractivity contribution in [1.82, 2.24) is 34.0 Å². The summed E-state index contributed by atoms with van der Waals surface area (Å²) in [6.07, 6.45) is -5.49. The van der Waals surface area contributed by atoms with Crippen molar-refractivity contribution in [1.29, 1.82) is 0 Å². The standard InChI is InChI=1S/C20H26N10O8/c21-15-9-18(24-3-23-15)30(5-26-9)20(14(36)12(34)8(2-32)38-20)29-6-27-17-10(16(29)22)25-4-28(17)19-13(35)11(33)7(1-31)37-19/h3-8,11-14,16,19,31-36H,1-2,22H2,(H2,21,23,24)/t7-,8?,11?,12?,13?,14?,16?,19-,20?/m1/s1. The summed E-state index contributed by atoms with van der Waals surface area (Å²) in [4.78, 5) is 22.4. The molecule has 204 valence electrons. The van der Waals surface area contributed by atoms with Gasteiger partial charge in [0.2, 0.25) is 0 Å². The van der Waals surface area contributed by atoms with E-state index in [0.717, 1.165) is 0 Å². The molecule has 2 saturated heterocycles. The number of nitrogens with two attached hydrogens (primary N) is 2. The zero-order valence-corrected chi connectivity index (χ0v) is 19.6. The first kappa shape index (κ1) is 25.0. The van der Waals surface area contributed by atoms with Gasteiger partial charge in [-0.2, -0.15) is 0 Å². The lowest BCUT2D eigenvalue weighted by molar-refractivity contribution is -0.227. The molecule has 0 aliphatic carbocycles. The molecule has 3 aromatic heterocycles. The monoisotopic (exact) mass is 534 g/mol. The average Bonchev–Trinajstić information content (AvgIpc) is 3.66. The largest absolute Gasteiger partial charge is 0.394 e. The Balaban J connectivity index is 1.45. The number of hydrogen-bond acceptors (Lipinski definition) is 16. The van der Waals surface area contributed by atoms with Crippen LogP contribution in [0.2, 0.25) is 0 Å². The first-order valence-corrected chi connectivity index (χ1v) is 11.6. The van der Waals surface area contributed by atoms with Crippen LogP contribution < -0.4 is 11.5 Å². The third-order valence-corrected chi connectivity index (χ3v) is 7.14. The smallest absolute Gasteiger partial charge is 0.260 e. The Morgan fingerprint density at radius 1 is 0.947 bits per heavy atom. The molecule has 6 rings (SSSR count). The number of aliphatic hydroxyl groups excluding tert-OH is 6. The van der Waals surface area contributed by atoms with E-state index in [2.05, 4.69) is 24.9 Å². The summed E-state index contributed by atoms with van der Waals surface area (Å²) in [6.45, 7) is -1.14. The second-order valence-corrected chi connectivity index (χ2v) is 9.16. The van der Waals surface area contributed by atoms with E-state index in [9.17, 15) is 30.6 Å². The van der Waals surface area contributed by atoms with E-state index < -0.39 is 68.1 Å². The molecule has 18 nitrogen and oxygen atoms in total. The summed E-state index contributed by atoms with van der Waals surface area (Å²) in [5.41, 5.74) is 13.0. The van der Waals surface area contributed by atoms with E-state index in [1.165, 1.54) is 39.4 Å². The summed E-state index contributed by atoms with van der Waals surface area (Å²) in [7, 11) is 0. The van der Waals surface area contributed by atoms with Crippen LogP contribution in [0, 0.1) is 0 Å². The van der Waals surface area contributed by atoms with Crippen molar-refractivity contribution >= 4 is 29.1 Å². The lowest BCUT2D eigenvalue weighted by Crippen LogP contribution is -2.60. The number of imidazole rings is 2. The summed E-state index contributed by atoms with van der Waals surface area (Å²) in [6, 6.07) is 0. The first-order chi connectivity index (χ1) is 18.2. The second-order valence-electron chi connectivity index (χ2n) is 9.16. The summed E-state index contributed by atoms with van der Waals surface area (Å²) in [5, 5.41) is 62.0. The molecule has 0 saturated carbocycles. The molecular weight excluding hydrogens is 508 g/mol. The number of aliphatic hydroxyl groups is 6. The minimum Gasteiger partial charge on any atom is -0.394 e. The number of anilines is 1. The summed E-state index contributed by atoms with van der Waals surface area (Å²) in [5.74, 6) is -1.78. The topological polar surface area (TPSA) is 269 Å². The molecular formula is C20H26N10O8. The molecule has 0 bridgehead atoms. The minimum absolute atomic E-state index is 0.0618. The van der Waals surface area contributed by atoms with Gasteiger partial charge in [0.25, 0.3) is 5.85 Å². The predicted molar refractivity (Wildman–Crippen MR) is 124 cm³/mol. The van der Waals surface area contributed by atoms with Crippen LogP contribution in [0.1, 0.15) is 18.1 Å². The van der Waals surface area contributed by atoms with E-state index in [1.807, 2.05) is 0 Å². The molecule has 3 aliphatic rings. The van der Waals surface area contributed by atoms with E-state index >= 15 is 0 Å². The molecule has 3 aromatic rings. The van der Waals surface area contributed by atoms with Crippen molar-refractivity contribution in [3.63, 3.8) is 0 Å². The van der Waals surface area contributed by atoms with Crippen molar-refractivity contribution in [3.8, 4) is 0 Å². The average molecular weight is 534 g/mol. The lowest BCUT2D eigenvalue weighted by atomic mass is 10.1. The van der Waals surface area contributed by atoms with Gasteiger partial charge in [-0.1, -0.05) is 0 Å². The van der Waals surface area contributed by atoms with Crippen LogP contribution in [0.3, 0.4) is 0 Å². The number of nitrogen functional groups attached to an aromatic ring is 1. The highest BCUT2D eigenvalue weighted by molar-refractivity contribution is 5.81. The van der Waals surface area contributed by atoms with Gasteiger partial charge in [-0.15, -0.1) is 0 Å². The van der Waals surface area contributed by atoms with Crippen LogP contribution in [0.5, 0.6) is 0 Å². The predicted octanol–water partition coefficient (Wildman–Crippen LogP) is -4.43. The maximum absolute atomic E-state index is 11.3. The highest BCUT2D eigenvalue weighted by Crippen LogP contribution is 2.46. The summed E-state index contributed by atoms with van der Waals surface area (Å²) < 4.78 is 14.3. The molecule has 18 heteroatoms. The fourth-order valence-electron chi connectivity index (χ4n) is 5.17. The van der Waals surface area contributed by atoms with Crippen molar-refractivity contribution in [2.75, 3.05) is 18.9 Å². The van der Waals surface area contributed by atoms with E-state index in [-0.39, 0.29) is 28.5 Å². The third-order valence-electron chi connectivity index (χ3n) is 7.14. The maximum atomic E-state index is 11.3. The molecule has 38 heavy (non-hydrogen) atoms. The zero-order chi connectivity index (χ0) is 26.9. The normalized spacial score (nSPS) is 36.9. The Kier molecular flexibility index (Phi) is 5.83. The molecule has 0 radical (unpaired) electrons. The number of aromatic nitrogens is 6. The Bertz CT molecular complexity index is 1380. The van der Waals surface area contributed by atoms with Gasteiger partial charge in [0.05, 0.1) is 25.9 Å². The quantitative estimate of drug-likeness (QED) is 0.153. The van der Waals surface area contributed by atoms with Gasteiger partial charge in [0, 0.05) is 0 Å². The highest BCUT2D eigenvalue weighted by Gasteiger charge is 2.61. The van der Waals surface area contributed by atoms with Gasteiger partial charge in [0.1, 0.15) is 60.6 Å². The number of rotatable bonds is 5. The highest BCUT2D eigenvalue weighted by atomic mass is 16.6. The van der Waals surface area contributed by atoms with Crippen LogP contribution >= 0.6 is 0 Å². The zero-order valence-electron chi connectivity index (χ0n) is 19.6. The van der Waals surface area contributed by atoms with E-state index in [4.69, 9.17) is 20.9 Å². The maximum Gasteiger partial charge on any atom is 0.260 e. The molecule has 0 amide bonds. The van der Waals surface area contributed by atoms with E-state index in [0.29, 0.717) is 0 Å². The van der Waals surface area contributed by atoms with Gasteiger partial charge in [-0.3, -0.25) is 14.0 Å². The number of hydrogen-bond donors (Lipinski definition) is 8. The van der Waals surface area contributed by atoms with Gasteiger partial charge >= 0.3 is 0 Å². The van der Waals surface area contributed by atoms with E-state index in [1.54, 1.807) is 0 Å². The molecule has 9 atom stereocenters. The fourth-order valence-corrected chi connectivity index (χ4v) is 5.17. The van der Waals surface area contributed by atoms with Crippen molar-refractivity contribution < 1.29 is 40.1 Å².